The zero-order chi connectivity index (χ0) is 35.8. The number of rotatable bonds is 2. The molecule has 1 heteroatoms. The first kappa shape index (κ1) is 29.3. The monoisotopic (exact) mass is 694 g/mol. The van der Waals surface area contributed by atoms with Crippen LogP contribution in [0.15, 0.2) is 186 Å². The summed E-state index contributed by atoms with van der Waals surface area (Å²) in [4.78, 5) is 0. The second-order valence-electron chi connectivity index (χ2n) is 15.1. The van der Waals surface area contributed by atoms with Crippen LogP contribution in [0.1, 0.15) is 0 Å². The molecule has 0 unspecified atom stereocenters. The molecule has 0 aliphatic heterocycles. The predicted molar refractivity (Wildman–Crippen MR) is 236 cm³/mol. The molecule has 1 heterocycles. The number of benzene rings is 12. The average Bonchev–Trinajstić information content (AvgIpc) is 3.62. The van der Waals surface area contributed by atoms with Crippen LogP contribution in [0.2, 0.25) is 0 Å². The SMILES string of the molecule is c1ccc2cc3c(cc2c1)oc1c(-c2c4ccc5ccccc5c4cc4ccc5ccccc5c24)ccc(-c2ccc4ccc5cccc6ccc2c4c56)c13. The Morgan fingerprint density at radius 1 is 0.255 bits per heavy atom. The molecule has 0 bridgehead atoms. The lowest BCUT2D eigenvalue weighted by Crippen LogP contribution is -1.91. The van der Waals surface area contributed by atoms with Crippen molar-refractivity contribution >= 4 is 108 Å². The highest BCUT2D eigenvalue weighted by atomic mass is 16.3. The fourth-order valence-electron chi connectivity index (χ4n) is 9.88. The molecule has 0 spiro atoms. The van der Waals surface area contributed by atoms with Gasteiger partial charge in [-0.25, -0.2) is 0 Å². The Balaban J connectivity index is 1.23. The van der Waals surface area contributed by atoms with Gasteiger partial charge in [0.1, 0.15) is 11.2 Å². The molecule has 1 nitrogen and oxygen atoms in total. The van der Waals surface area contributed by atoms with Gasteiger partial charge in [0.2, 0.25) is 0 Å². The van der Waals surface area contributed by atoms with E-state index >= 15 is 0 Å². The molecular weight excluding hydrogens is 665 g/mol. The van der Waals surface area contributed by atoms with Gasteiger partial charge in [-0.05, 0) is 122 Å². The number of fused-ring (bicyclic) bond motifs is 10. The van der Waals surface area contributed by atoms with Gasteiger partial charge in [0.05, 0.1) is 0 Å². The summed E-state index contributed by atoms with van der Waals surface area (Å²) < 4.78 is 7.23. The topological polar surface area (TPSA) is 13.1 Å². The van der Waals surface area contributed by atoms with E-state index in [2.05, 4.69) is 182 Å². The zero-order valence-corrected chi connectivity index (χ0v) is 29.7. The van der Waals surface area contributed by atoms with Crippen LogP contribution in [-0.2, 0) is 0 Å². The van der Waals surface area contributed by atoms with Crippen molar-refractivity contribution in [2.45, 2.75) is 0 Å². The molecule has 0 aliphatic rings. The molecule has 55 heavy (non-hydrogen) atoms. The van der Waals surface area contributed by atoms with Gasteiger partial charge in [-0.1, -0.05) is 158 Å². The average molecular weight is 695 g/mol. The first-order valence-electron chi connectivity index (χ1n) is 19.1. The second kappa shape index (κ2) is 10.7. The molecule has 13 rings (SSSR count). The second-order valence-corrected chi connectivity index (χ2v) is 15.1. The summed E-state index contributed by atoms with van der Waals surface area (Å²) in [6, 6.07) is 67.4. The van der Waals surface area contributed by atoms with Crippen LogP contribution in [-0.4, -0.2) is 0 Å². The smallest absolute Gasteiger partial charge is 0.143 e. The van der Waals surface area contributed by atoms with Crippen LogP contribution < -0.4 is 0 Å². The normalized spacial score (nSPS) is 12.4. The fourth-order valence-corrected chi connectivity index (χ4v) is 9.88. The maximum atomic E-state index is 7.23. The molecule has 252 valence electrons. The molecule has 0 amide bonds. The number of hydrogen-bond donors (Lipinski definition) is 0. The van der Waals surface area contributed by atoms with Crippen molar-refractivity contribution in [1.82, 2.24) is 0 Å². The molecule has 0 saturated carbocycles. The van der Waals surface area contributed by atoms with E-state index in [0.717, 1.165) is 27.5 Å². The number of furan rings is 1. The van der Waals surface area contributed by atoms with Crippen molar-refractivity contribution in [1.29, 1.82) is 0 Å². The van der Waals surface area contributed by atoms with E-state index in [4.69, 9.17) is 4.42 Å². The van der Waals surface area contributed by atoms with Crippen LogP contribution in [0.4, 0.5) is 0 Å². The minimum absolute atomic E-state index is 0.903. The molecule has 0 fully saturated rings. The van der Waals surface area contributed by atoms with Crippen molar-refractivity contribution in [2.24, 2.45) is 0 Å². The molecular formula is C54H30O. The molecule has 0 saturated heterocycles. The lowest BCUT2D eigenvalue weighted by atomic mass is 9.85. The first-order chi connectivity index (χ1) is 27.3. The Kier molecular flexibility index (Phi) is 5.69. The Morgan fingerprint density at radius 3 is 1.64 bits per heavy atom. The molecule has 12 aromatic carbocycles. The van der Waals surface area contributed by atoms with Gasteiger partial charge >= 0.3 is 0 Å². The van der Waals surface area contributed by atoms with E-state index < -0.39 is 0 Å². The quantitative estimate of drug-likeness (QED) is 0.130. The van der Waals surface area contributed by atoms with Gasteiger partial charge in [-0.15, -0.1) is 0 Å². The Morgan fingerprint density at radius 2 is 0.800 bits per heavy atom. The standard InChI is InChI=1S/C54H30O/c1-2-11-37-30-48-47(28-36(37)10-1)53-43(41-23-21-35-18-17-33-12-7-13-34-22-25-42(41)50(35)49(33)34)26-27-45(54(53)55-48)52-44-24-20-31-8-3-5-14-39(31)46(44)29-38-19-16-32-9-4-6-15-40(32)51(38)52/h1-30H. The summed E-state index contributed by atoms with van der Waals surface area (Å²) in [5.74, 6) is 0. The van der Waals surface area contributed by atoms with Crippen LogP contribution >= 0.6 is 0 Å². The van der Waals surface area contributed by atoms with Crippen molar-refractivity contribution in [3.05, 3.63) is 182 Å². The van der Waals surface area contributed by atoms with Gasteiger partial charge in [-0.2, -0.15) is 0 Å². The van der Waals surface area contributed by atoms with E-state index in [1.165, 1.54) is 103 Å². The highest BCUT2D eigenvalue weighted by Gasteiger charge is 2.23. The van der Waals surface area contributed by atoms with Crippen molar-refractivity contribution in [3.8, 4) is 22.3 Å². The summed E-state index contributed by atoms with van der Waals surface area (Å²) in [6.45, 7) is 0. The summed E-state index contributed by atoms with van der Waals surface area (Å²) in [5, 5.41) is 22.3. The van der Waals surface area contributed by atoms with Crippen LogP contribution in [0, 0.1) is 0 Å². The molecule has 1 aromatic heterocycles. The van der Waals surface area contributed by atoms with Crippen molar-refractivity contribution in [3.63, 3.8) is 0 Å². The van der Waals surface area contributed by atoms with E-state index in [0.29, 0.717) is 0 Å². The maximum Gasteiger partial charge on any atom is 0.143 e. The van der Waals surface area contributed by atoms with E-state index in [1.807, 2.05) is 0 Å². The minimum atomic E-state index is 0.903. The lowest BCUT2D eigenvalue weighted by molar-refractivity contribution is 0.670. The fraction of sp³-hybridized carbons (Fsp3) is 0. The number of hydrogen-bond acceptors (Lipinski definition) is 1. The third-order valence-electron chi connectivity index (χ3n) is 12.3. The molecule has 0 atom stereocenters. The summed E-state index contributed by atoms with van der Waals surface area (Å²) >= 11 is 0. The lowest BCUT2D eigenvalue weighted by Gasteiger charge is -2.18. The molecule has 0 aliphatic carbocycles. The zero-order valence-electron chi connectivity index (χ0n) is 29.7. The molecule has 0 radical (unpaired) electrons. The highest BCUT2D eigenvalue weighted by Crippen LogP contribution is 2.50. The van der Waals surface area contributed by atoms with Gasteiger partial charge in [0.25, 0.3) is 0 Å². The minimum Gasteiger partial charge on any atom is -0.455 e. The van der Waals surface area contributed by atoms with Crippen molar-refractivity contribution in [2.75, 3.05) is 0 Å². The van der Waals surface area contributed by atoms with Crippen LogP contribution in [0.5, 0.6) is 0 Å². The van der Waals surface area contributed by atoms with Crippen LogP contribution in [0.3, 0.4) is 0 Å². The van der Waals surface area contributed by atoms with Gasteiger partial charge < -0.3 is 4.42 Å². The highest BCUT2D eigenvalue weighted by molar-refractivity contribution is 6.31. The van der Waals surface area contributed by atoms with E-state index in [-0.39, 0.29) is 0 Å². The molecule has 13 aromatic rings. The van der Waals surface area contributed by atoms with E-state index in [1.54, 1.807) is 0 Å². The third kappa shape index (κ3) is 3.97. The first-order valence-corrected chi connectivity index (χ1v) is 19.1. The summed E-state index contributed by atoms with van der Waals surface area (Å²) in [7, 11) is 0. The van der Waals surface area contributed by atoms with E-state index in [9.17, 15) is 0 Å². The molecule has 0 N–H and O–H groups in total. The van der Waals surface area contributed by atoms with Gasteiger partial charge in [-0.3, -0.25) is 0 Å². The Labute approximate surface area is 315 Å². The largest absolute Gasteiger partial charge is 0.455 e. The Bertz CT molecular complexity index is 3750. The van der Waals surface area contributed by atoms with Crippen molar-refractivity contribution < 1.29 is 4.42 Å². The maximum absolute atomic E-state index is 7.23. The summed E-state index contributed by atoms with van der Waals surface area (Å²) in [6.07, 6.45) is 0. The van der Waals surface area contributed by atoms with Crippen LogP contribution in [0.25, 0.3) is 130 Å². The third-order valence-corrected chi connectivity index (χ3v) is 12.3. The van der Waals surface area contributed by atoms with Gasteiger partial charge in [0, 0.05) is 21.9 Å². The van der Waals surface area contributed by atoms with Gasteiger partial charge in [0.15, 0.2) is 0 Å². The summed E-state index contributed by atoms with van der Waals surface area (Å²) in [5.41, 5.74) is 6.55. The Hall–Kier alpha value is -7.22. The predicted octanol–water partition coefficient (Wildman–Crippen LogP) is 15.6.